The van der Waals surface area contributed by atoms with Gasteiger partial charge in [0.1, 0.15) is 11.1 Å². The van der Waals surface area contributed by atoms with E-state index in [0.717, 1.165) is 17.4 Å². The summed E-state index contributed by atoms with van der Waals surface area (Å²) in [5.74, 6) is -1.26. The number of carbonyl (C=O) groups excluding carboxylic acids is 2. The van der Waals surface area contributed by atoms with Crippen LogP contribution in [0.25, 0.3) is 0 Å². The molecule has 8 heteroatoms. The van der Waals surface area contributed by atoms with Gasteiger partial charge in [0.05, 0.1) is 11.4 Å². The number of para-hydroxylation sites is 2. The lowest BCUT2D eigenvalue weighted by Gasteiger charge is -2.08. The minimum Gasteiger partial charge on any atom is -0.324 e. The smallest absolute Gasteiger partial charge is 0.240 e. The van der Waals surface area contributed by atoms with Crippen LogP contribution in [-0.4, -0.2) is 22.2 Å². The summed E-state index contributed by atoms with van der Waals surface area (Å²) in [4.78, 5) is 24.0. The molecule has 0 spiro atoms. The van der Waals surface area contributed by atoms with Gasteiger partial charge in [-0.25, -0.2) is 4.39 Å². The molecule has 128 valence electrons. The third kappa shape index (κ3) is 4.57. The number of amides is 2. The van der Waals surface area contributed by atoms with Crippen LogP contribution in [0.3, 0.4) is 0 Å². The van der Waals surface area contributed by atoms with E-state index in [1.54, 1.807) is 6.07 Å². The highest BCUT2D eigenvalue weighted by Crippen LogP contribution is 2.23. The van der Waals surface area contributed by atoms with Gasteiger partial charge in [-0.05, 0) is 24.3 Å². The first-order chi connectivity index (χ1) is 12.1. The van der Waals surface area contributed by atoms with E-state index in [1.807, 2.05) is 30.3 Å². The zero-order valence-corrected chi connectivity index (χ0v) is 13.8. The van der Waals surface area contributed by atoms with E-state index in [9.17, 15) is 14.0 Å². The number of benzene rings is 2. The predicted octanol–water partition coefficient (Wildman–Crippen LogP) is 2.77. The number of hydrogen-bond acceptors (Lipinski definition) is 5. The number of hydrogen-bond donors (Lipinski definition) is 3. The molecule has 2 aromatic carbocycles. The summed E-state index contributed by atoms with van der Waals surface area (Å²) in [6.07, 6.45) is -0.0742. The number of carbonyl (C=O) groups is 2. The Morgan fingerprint density at radius 2 is 1.88 bits per heavy atom. The standard InChI is InChI=1S/C17H15FN4O2S/c18-12-8-4-5-9-13(12)19-15(23)10-14-16(24)20-17(25-14)22-21-11-6-2-1-3-7-11/h1-9,14,21H,10H2,(H,19,23)(H,20,22,24)/t14-/m1/s1. The van der Waals surface area contributed by atoms with E-state index in [-0.39, 0.29) is 18.0 Å². The quantitative estimate of drug-likeness (QED) is 0.718. The monoisotopic (exact) mass is 358 g/mol. The van der Waals surface area contributed by atoms with Gasteiger partial charge < -0.3 is 10.6 Å². The van der Waals surface area contributed by atoms with Gasteiger partial charge in [-0.15, -0.1) is 5.10 Å². The molecule has 0 radical (unpaired) electrons. The lowest BCUT2D eigenvalue weighted by molar-refractivity contribution is -0.122. The molecule has 1 atom stereocenters. The van der Waals surface area contributed by atoms with Crippen molar-refractivity contribution in [2.24, 2.45) is 5.10 Å². The van der Waals surface area contributed by atoms with Gasteiger partial charge >= 0.3 is 0 Å². The van der Waals surface area contributed by atoms with Crippen molar-refractivity contribution < 1.29 is 14.0 Å². The number of amidine groups is 1. The first-order valence-electron chi connectivity index (χ1n) is 7.52. The average molecular weight is 358 g/mol. The van der Waals surface area contributed by atoms with E-state index >= 15 is 0 Å². The highest BCUT2D eigenvalue weighted by atomic mass is 32.2. The Balaban J connectivity index is 1.56. The van der Waals surface area contributed by atoms with Crippen molar-refractivity contribution >= 4 is 40.1 Å². The summed E-state index contributed by atoms with van der Waals surface area (Å²) in [7, 11) is 0. The van der Waals surface area contributed by atoms with E-state index in [2.05, 4.69) is 21.2 Å². The fourth-order valence-corrected chi connectivity index (χ4v) is 3.08. The molecule has 0 unspecified atom stereocenters. The summed E-state index contributed by atoms with van der Waals surface area (Å²) < 4.78 is 13.5. The van der Waals surface area contributed by atoms with Gasteiger partial charge in [0.2, 0.25) is 11.8 Å². The molecule has 1 fully saturated rings. The van der Waals surface area contributed by atoms with E-state index in [0.29, 0.717) is 5.17 Å². The number of nitrogens with one attached hydrogen (secondary N) is 3. The van der Waals surface area contributed by atoms with Crippen LogP contribution in [0.1, 0.15) is 6.42 Å². The number of halogens is 1. The topological polar surface area (TPSA) is 82.6 Å². The van der Waals surface area contributed by atoms with Gasteiger partial charge in [-0.3, -0.25) is 15.0 Å². The summed E-state index contributed by atoms with van der Waals surface area (Å²) in [5.41, 5.74) is 3.71. The number of hydrazone groups is 1. The largest absolute Gasteiger partial charge is 0.324 e. The number of rotatable bonds is 5. The lowest BCUT2D eigenvalue weighted by atomic mass is 10.2. The molecule has 3 N–H and O–H groups in total. The molecule has 2 amide bonds. The molecule has 3 rings (SSSR count). The Bertz CT molecular complexity index is 813. The Morgan fingerprint density at radius 1 is 1.16 bits per heavy atom. The van der Waals surface area contributed by atoms with Crippen molar-refractivity contribution in [2.45, 2.75) is 11.7 Å². The van der Waals surface area contributed by atoms with Crippen LogP contribution in [0.2, 0.25) is 0 Å². The second-order valence-corrected chi connectivity index (χ2v) is 6.41. The van der Waals surface area contributed by atoms with Crippen molar-refractivity contribution in [3.8, 4) is 0 Å². The van der Waals surface area contributed by atoms with Crippen LogP contribution >= 0.6 is 11.8 Å². The molecular weight excluding hydrogens is 343 g/mol. The second-order valence-electron chi connectivity index (χ2n) is 5.22. The third-order valence-electron chi connectivity index (χ3n) is 3.36. The zero-order chi connectivity index (χ0) is 17.6. The molecule has 1 saturated heterocycles. The molecule has 25 heavy (non-hydrogen) atoms. The normalized spacial score (nSPS) is 18.0. The maximum absolute atomic E-state index is 13.5. The van der Waals surface area contributed by atoms with Gasteiger partial charge in [0.15, 0.2) is 5.17 Å². The SMILES string of the molecule is O=C(C[C@H]1S/C(=N/Nc2ccccc2)NC1=O)Nc1ccccc1F. The summed E-state index contributed by atoms with van der Waals surface area (Å²) in [5, 5.41) is 8.96. The van der Waals surface area contributed by atoms with Crippen molar-refractivity contribution in [1.82, 2.24) is 5.32 Å². The van der Waals surface area contributed by atoms with Gasteiger partial charge in [0, 0.05) is 6.42 Å². The van der Waals surface area contributed by atoms with Crippen molar-refractivity contribution in [2.75, 3.05) is 10.7 Å². The molecule has 6 nitrogen and oxygen atoms in total. The lowest BCUT2D eigenvalue weighted by Crippen LogP contribution is -2.28. The Kier molecular flexibility index (Phi) is 5.30. The molecule has 1 aliphatic heterocycles. The summed E-state index contributed by atoms with van der Waals surface area (Å²) in [6, 6.07) is 15.2. The van der Waals surface area contributed by atoms with Crippen LogP contribution in [-0.2, 0) is 9.59 Å². The van der Waals surface area contributed by atoms with Crippen LogP contribution in [0, 0.1) is 5.82 Å². The first kappa shape index (κ1) is 17.0. The number of anilines is 2. The molecule has 1 aliphatic rings. The summed E-state index contributed by atoms with van der Waals surface area (Å²) in [6.45, 7) is 0. The first-order valence-corrected chi connectivity index (χ1v) is 8.40. The second kappa shape index (κ2) is 7.80. The van der Waals surface area contributed by atoms with Gasteiger partial charge in [-0.2, -0.15) is 0 Å². The van der Waals surface area contributed by atoms with E-state index < -0.39 is 17.0 Å². The van der Waals surface area contributed by atoms with Crippen LogP contribution < -0.4 is 16.1 Å². The van der Waals surface area contributed by atoms with Crippen LogP contribution in [0.4, 0.5) is 15.8 Å². The Hall–Kier alpha value is -2.87. The highest BCUT2D eigenvalue weighted by Gasteiger charge is 2.32. The molecule has 2 aromatic rings. The Labute approximate surface area is 147 Å². The van der Waals surface area contributed by atoms with Gasteiger partial charge in [-0.1, -0.05) is 42.1 Å². The molecule has 1 heterocycles. The maximum atomic E-state index is 13.5. The third-order valence-corrected chi connectivity index (χ3v) is 4.44. The number of nitrogens with zero attached hydrogens (tertiary/aromatic N) is 1. The summed E-state index contributed by atoms with van der Waals surface area (Å²) >= 11 is 1.15. The molecule has 0 bridgehead atoms. The molecule has 0 aliphatic carbocycles. The fraction of sp³-hybridized carbons (Fsp3) is 0.118. The fourth-order valence-electron chi connectivity index (χ4n) is 2.15. The maximum Gasteiger partial charge on any atom is 0.240 e. The van der Waals surface area contributed by atoms with Crippen molar-refractivity contribution in [3.05, 3.63) is 60.4 Å². The minimum atomic E-state index is -0.608. The van der Waals surface area contributed by atoms with E-state index in [4.69, 9.17) is 0 Å². The molecular formula is C17H15FN4O2S. The van der Waals surface area contributed by atoms with Crippen LogP contribution in [0.5, 0.6) is 0 Å². The van der Waals surface area contributed by atoms with Gasteiger partial charge in [0.25, 0.3) is 0 Å². The predicted molar refractivity (Wildman–Crippen MR) is 96.7 cm³/mol. The molecule has 0 aromatic heterocycles. The molecule has 0 saturated carbocycles. The highest BCUT2D eigenvalue weighted by molar-refractivity contribution is 8.15. The van der Waals surface area contributed by atoms with Crippen molar-refractivity contribution in [1.29, 1.82) is 0 Å². The van der Waals surface area contributed by atoms with Crippen molar-refractivity contribution in [3.63, 3.8) is 0 Å². The average Bonchev–Trinajstić information content (AvgIpc) is 2.96. The Morgan fingerprint density at radius 3 is 2.64 bits per heavy atom. The van der Waals surface area contributed by atoms with E-state index in [1.165, 1.54) is 18.2 Å². The minimum absolute atomic E-state index is 0.0742. The van der Waals surface area contributed by atoms with Crippen LogP contribution in [0.15, 0.2) is 59.7 Å². The number of thioether (sulfide) groups is 1. The zero-order valence-electron chi connectivity index (χ0n) is 13.0.